The molecule has 6 nitrogen and oxygen atoms in total. The quantitative estimate of drug-likeness (QED) is 0.280. The maximum absolute atomic E-state index is 10.7. The van der Waals surface area contributed by atoms with Gasteiger partial charge in [-0.2, -0.15) is 8.42 Å². The molecule has 0 amide bonds. The van der Waals surface area contributed by atoms with Crippen LogP contribution in [0, 0.1) is 0 Å². The van der Waals surface area contributed by atoms with Gasteiger partial charge in [-0.3, -0.25) is 4.55 Å². The molecule has 0 atom stereocenters. The zero-order valence-electron chi connectivity index (χ0n) is 9.96. The number of hydrogen-bond acceptors (Lipinski definition) is 5. The van der Waals surface area contributed by atoms with E-state index in [-0.39, 0.29) is 5.75 Å². The van der Waals surface area contributed by atoms with Crippen molar-refractivity contribution in [3.63, 3.8) is 0 Å². The molecule has 7 heteroatoms. The van der Waals surface area contributed by atoms with E-state index in [0.717, 1.165) is 6.08 Å². The zero-order valence-corrected chi connectivity index (χ0v) is 10.8. The summed E-state index contributed by atoms with van der Waals surface area (Å²) in [5.74, 6) is -0.679. The van der Waals surface area contributed by atoms with E-state index >= 15 is 0 Å². The van der Waals surface area contributed by atoms with Gasteiger partial charge in [-0.25, -0.2) is 4.79 Å². The van der Waals surface area contributed by atoms with Crippen molar-refractivity contribution >= 4 is 16.1 Å². The van der Waals surface area contributed by atoms with Gasteiger partial charge in [-0.05, 0) is 26.4 Å². The maximum atomic E-state index is 10.7. The number of nitrogens with zero attached hydrogens (tertiary/aromatic N) is 1. The molecule has 0 radical (unpaired) electrons. The summed E-state index contributed by atoms with van der Waals surface area (Å²) in [4.78, 5) is 12.6. The summed E-state index contributed by atoms with van der Waals surface area (Å²) in [6.45, 7) is 4.84. The Bertz CT molecular complexity index is 339. The first-order valence-corrected chi connectivity index (χ1v) is 6.89. The standard InChI is InChI=1S/C10H19NO5S/c1-3-10(12)16-8-4-6-11(2)7-5-9-17(13,14)15/h3H,1,4-9H2,2H3,(H,13,14,15). The van der Waals surface area contributed by atoms with Crippen molar-refractivity contribution in [3.05, 3.63) is 12.7 Å². The molecule has 0 aliphatic carbocycles. The fourth-order valence-electron chi connectivity index (χ4n) is 1.19. The van der Waals surface area contributed by atoms with Gasteiger partial charge < -0.3 is 9.64 Å². The van der Waals surface area contributed by atoms with Crippen molar-refractivity contribution in [2.75, 3.05) is 32.5 Å². The van der Waals surface area contributed by atoms with Gasteiger partial charge in [-0.1, -0.05) is 6.58 Å². The van der Waals surface area contributed by atoms with E-state index in [0.29, 0.717) is 32.5 Å². The van der Waals surface area contributed by atoms with Crippen molar-refractivity contribution < 1.29 is 22.5 Å². The van der Waals surface area contributed by atoms with Crippen LogP contribution >= 0.6 is 0 Å². The minimum atomic E-state index is -3.87. The highest BCUT2D eigenvalue weighted by Gasteiger charge is 2.05. The lowest BCUT2D eigenvalue weighted by Crippen LogP contribution is -2.24. The van der Waals surface area contributed by atoms with Crippen LogP contribution in [0.2, 0.25) is 0 Å². The topological polar surface area (TPSA) is 83.9 Å². The summed E-state index contributed by atoms with van der Waals surface area (Å²) in [6.07, 6.45) is 2.15. The highest BCUT2D eigenvalue weighted by Crippen LogP contribution is 1.94. The predicted octanol–water partition coefficient (Wildman–Crippen LogP) is 0.315. The van der Waals surface area contributed by atoms with E-state index in [1.165, 1.54) is 0 Å². The molecule has 100 valence electrons. The first-order chi connectivity index (χ1) is 7.85. The molecule has 0 aromatic rings. The second-order valence-electron chi connectivity index (χ2n) is 3.67. The van der Waals surface area contributed by atoms with Crippen molar-refractivity contribution in [3.8, 4) is 0 Å². The molecular formula is C10H19NO5S. The van der Waals surface area contributed by atoms with Crippen LogP contribution in [0.4, 0.5) is 0 Å². The van der Waals surface area contributed by atoms with Crippen molar-refractivity contribution in [2.45, 2.75) is 12.8 Å². The molecule has 1 N–H and O–H groups in total. The average molecular weight is 265 g/mol. The van der Waals surface area contributed by atoms with Crippen molar-refractivity contribution in [2.24, 2.45) is 0 Å². The Morgan fingerprint density at radius 2 is 2.00 bits per heavy atom. The van der Waals surface area contributed by atoms with Gasteiger partial charge in [0.25, 0.3) is 10.1 Å². The number of ether oxygens (including phenoxy) is 1. The molecule has 0 spiro atoms. The van der Waals surface area contributed by atoms with Crippen LogP contribution in [0.5, 0.6) is 0 Å². The van der Waals surface area contributed by atoms with E-state index in [2.05, 4.69) is 6.58 Å². The van der Waals surface area contributed by atoms with Crippen molar-refractivity contribution in [1.29, 1.82) is 0 Å². The average Bonchev–Trinajstić information content (AvgIpc) is 2.22. The second-order valence-corrected chi connectivity index (χ2v) is 5.24. The van der Waals surface area contributed by atoms with Gasteiger partial charge in [0.15, 0.2) is 0 Å². The number of hydrogen-bond donors (Lipinski definition) is 1. The molecule has 0 aliphatic rings. The van der Waals surface area contributed by atoms with Crippen LogP contribution < -0.4 is 0 Å². The number of rotatable bonds is 9. The molecule has 17 heavy (non-hydrogen) atoms. The summed E-state index contributed by atoms with van der Waals surface area (Å²) >= 11 is 0. The fraction of sp³-hybridized carbons (Fsp3) is 0.700. The van der Waals surface area contributed by atoms with E-state index in [4.69, 9.17) is 9.29 Å². The maximum Gasteiger partial charge on any atom is 0.330 e. The lowest BCUT2D eigenvalue weighted by molar-refractivity contribution is -0.137. The third-order valence-electron chi connectivity index (χ3n) is 2.04. The number of carbonyl (C=O) groups excluding carboxylic acids is 1. The minimum Gasteiger partial charge on any atom is -0.462 e. The molecule has 0 aromatic carbocycles. The molecule has 0 unspecified atom stereocenters. The van der Waals surface area contributed by atoms with E-state index < -0.39 is 16.1 Å². The number of esters is 1. The van der Waals surface area contributed by atoms with Gasteiger partial charge in [0.2, 0.25) is 0 Å². The molecular weight excluding hydrogens is 246 g/mol. The van der Waals surface area contributed by atoms with Gasteiger partial charge in [0.1, 0.15) is 0 Å². The predicted molar refractivity (Wildman–Crippen MR) is 64.3 cm³/mol. The monoisotopic (exact) mass is 265 g/mol. The Hall–Kier alpha value is -0.920. The molecule has 0 heterocycles. The lowest BCUT2D eigenvalue weighted by Gasteiger charge is -2.15. The van der Waals surface area contributed by atoms with Crippen molar-refractivity contribution in [1.82, 2.24) is 4.90 Å². The molecule has 0 aromatic heterocycles. The SMILES string of the molecule is C=CC(=O)OCCCN(C)CCCS(=O)(=O)O. The first-order valence-electron chi connectivity index (χ1n) is 5.28. The zero-order chi connectivity index (χ0) is 13.3. The normalized spacial score (nSPS) is 11.5. The highest BCUT2D eigenvalue weighted by molar-refractivity contribution is 7.85. The van der Waals surface area contributed by atoms with Gasteiger partial charge in [0.05, 0.1) is 12.4 Å². The van der Waals surface area contributed by atoms with Crippen LogP contribution in [0.3, 0.4) is 0 Å². The summed E-state index contributed by atoms with van der Waals surface area (Å²) in [7, 11) is -2.03. The van der Waals surface area contributed by atoms with Crippen LogP contribution in [0.1, 0.15) is 12.8 Å². The highest BCUT2D eigenvalue weighted by atomic mass is 32.2. The number of carbonyl (C=O) groups is 1. The minimum absolute atomic E-state index is 0.233. The summed E-state index contributed by atoms with van der Waals surface area (Å²) < 4.78 is 34.2. The van der Waals surface area contributed by atoms with E-state index in [1.54, 1.807) is 0 Å². The summed E-state index contributed by atoms with van der Waals surface area (Å²) in [6, 6.07) is 0. The molecule has 0 bridgehead atoms. The van der Waals surface area contributed by atoms with E-state index in [9.17, 15) is 13.2 Å². The summed E-state index contributed by atoms with van der Waals surface area (Å²) in [5, 5.41) is 0. The van der Waals surface area contributed by atoms with Gasteiger partial charge in [-0.15, -0.1) is 0 Å². The smallest absolute Gasteiger partial charge is 0.330 e. The molecule has 0 rings (SSSR count). The Morgan fingerprint density at radius 1 is 1.41 bits per heavy atom. The molecule has 0 aliphatic heterocycles. The lowest BCUT2D eigenvalue weighted by atomic mass is 10.4. The Labute approximate surface area is 102 Å². The van der Waals surface area contributed by atoms with Crippen LogP contribution in [0.15, 0.2) is 12.7 Å². The molecule has 0 fully saturated rings. The third kappa shape index (κ3) is 11.3. The van der Waals surface area contributed by atoms with Crippen LogP contribution in [-0.4, -0.2) is 56.3 Å². The molecule has 0 saturated heterocycles. The fourth-order valence-corrected chi connectivity index (χ4v) is 1.69. The van der Waals surface area contributed by atoms with Crippen LogP contribution in [-0.2, 0) is 19.6 Å². The van der Waals surface area contributed by atoms with Gasteiger partial charge in [0, 0.05) is 12.6 Å². The Morgan fingerprint density at radius 3 is 2.53 bits per heavy atom. The summed E-state index contributed by atoms with van der Waals surface area (Å²) in [5.41, 5.74) is 0. The second kappa shape index (κ2) is 8.21. The Kier molecular flexibility index (Phi) is 7.77. The third-order valence-corrected chi connectivity index (χ3v) is 2.84. The Balaban J connectivity index is 3.50. The first kappa shape index (κ1) is 16.1. The van der Waals surface area contributed by atoms with Crippen LogP contribution in [0.25, 0.3) is 0 Å². The van der Waals surface area contributed by atoms with Gasteiger partial charge >= 0.3 is 5.97 Å². The molecule has 0 saturated carbocycles. The largest absolute Gasteiger partial charge is 0.462 e. The van der Waals surface area contributed by atoms with E-state index in [1.807, 2.05) is 11.9 Å².